The van der Waals surface area contributed by atoms with Gasteiger partial charge in [0.1, 0.15) is 5.75 Å². The average Bonchev–Trinajstić information content (AvgIpc) is 2.23. The Morgan fingerprint density at radius 2 is 2.07 bits per heavy atom. The van der Waals surface area contributed by atoms with Crippen molar-refractivity contribution in [1.82, 2.24) is 0 Å². The summed E-state index contributed by atoms with van der Waals surface area (Å²) < 4.78 is 10.7. The molecule has 0 fully saturated rings. The molecule has 84 valence electrons. The molecule has 0 bridgehead atoms. The van der Waals surface area contributed by atoms with Crippen molar-refractivity contribution in [2.75, 3.05) is 26.4 Å². The smallest absolute Gasteiger partial charge is 0.120 e. The van der Waals surface area contributed by atoms with E-state index in [2.05, 4.69) is 0 Å². The molecule has 0 atom stereocenters. The number of ether oxygens (including phenoxy) is 2. The summed E-state index contributed by atoms with van der Waals surface area (Å²) >= 11 is 5.81. The highest BCUT2D eigenvalue weighted by Gasteiger charge is 1.94. The molecule has 1 aromatic carbocycles. The maximum atomic E-state index is 5.81. The van der Waals surface area contributed by atoms with E-state index in [1.165, 1.54) is 0 Å². The first-order chi connectivity index (χ1) is 7.33. The van der Waals surface area contributed by atoms with Gasteiger partial charge < -0.3 is 15.2 Å². The standard InChI is InChI=1S/C11H16ClNO2/c12-10-3-1-4-11(9-10)15-7-2-6-14-8-5-13/h1,3-4,9H,2,5-8,13H2. The summed E-state index contributed by atoms with van der Waals surface area (Å²) in [6.07, 6.45) is 0.854. The van der Waals surface area contributed by atoms with Gasteiger partial charge in [-0.1, -0.05) is 17.7 Å². The fourth-order valence-electron chi connectivity index (χ4n) is 1.09. The van der Waals surface area contributed by atoms with Gasteiger partial charge in [0, 0.05) is 24.6 Å². The van der Waals surface area contributed by atoms with Gasteiger partial charge in [-0.15, -0.1) is 0 Å². The summed E-state index contributed by atoms with van der Waals surface area (Å²) in [6.45, 7) is 2.48. The van der Waals surface area contributed by atoms with Crippen molar-refractivity contribution in [3.05, 3.63) is 29.3 Å². The highest BCUT2D eigenvalue weighted by atomic mass is 35.5. The highest BCUT2D eigenvalue weighted by Crippen LogP contribution is 2.16. The first kappa shape index (κ1) is 12.3. The lowest BCUT2D eigenvalue weighted by Gasteiger charge is -2.06. The quantitative estimate of drug-likeness (QED) is 0.729. The molecule has 15 heavy (non-hydrogen) atoms. The van der Waals surface area contributed by atoms with Gasteiger partial charge in [-0.3, -0.25) is 0 Å². The highest BCUT2D eigenvalue weighted by molar-refractivity contribution is 6.30. The molecule has 0 saturated heterocycles. The molecular formula is C11H16ClNO2. The monoisotopic (exact) mass is 229 g/mol. The normalized spacial score (nSPS) is 10.3. The van der Waals surface area contributed by atoms with Crippen LogP contribution < -0.4 is 10.5 Å². The molecular weight excluding hydrogens is 214 g/mol. The Morgan fingerprint density at radius 1 is 1.20 bits per heavy atom. The number of benzene rings is 1. The first-order valence-corrected chi connectivity index (χ1v) is 5.37. The molecule has 1 aromatic rings. The van der Waals surface area contributed by atoms with E-state index in [1.54, 1.807) is 6.07 Å². The van der Waals surface area contributed by atoms with Crippen molar-refractivity contribution in [3.63, 3.8) is 0 Å². The van der Waals surface area contributed by atoms with Crippen molar-refractivity contribution >= 4 is 11.6 Å². The molecule has 0 aliphatic heterocycles. The van der Waals surface area contributed by atoms with E-state index in [4.69, 9.17) is 26.8 Å². The number of hydrogen-bond donors (Lipinski definition) is 1. The molecule has 0 aliphatic rings. The Morgan fingerprint density at radius 3 is 2.80 bits per heavy atom. The van der Waals surface area contributed by atoms with Crippen LogP contribution in [-0.2, 0) is 4.74 Å². The van der Waals surface area contributed by atoms with E-state index in [0.717, 1.165) is 12.2 Å². The van der Waals surface area contributed by atoms with Crippen molar-refractivity contribution < 1.29 is 9.47 Å². The summed E-state index contributed by atoms with van der Waals surface area (Å²) in [4.78, 5) is 0. The van der Waals surface area contributed by atoms with Crippen molar-refractivity contribution in [2.24, 2.45) is 5.73 Å². The fourth-order valence-corrected chi connectivity index (χ4v) is 1.27. The molecule has 0 radical (unpaired) electrons. The second-order valence-corrected chi connectivity index (χ2v) is 3.50. The largest absolute Gasteiger partial charge is 0.493 e. The van der Waals surface area contributed by atoms with Gasteiger partial charge in [-0.05, 0) is 18.2 Å². The number of rotatable bonds is 7. The van der Waals surface area contributed by atoms with Crippen LogP contribution in [0.25, 0.3) is 0 Å². The third-order valence-corrected chi connectivity index (χ3v) is 2.00. The maximum absolute atomic E-state index is 5.81. The predicted octanol–water partition coefficient (Wildman–Crippen LogP) is 2.08. The molecule has 0 saturated carbocycles. The zero-order valence-electron chi connectivity index (χ0n) is 8.62. The number of halogens is 1. The topological polar surface area (TPSA) is 44.5 Å². The van der Waals surface area contributed by atoms with Crippen LogP contribution in [-0.4, -0.2) is 26.4 Å². The summed E-state index contributed by atoms with van der Waals surface area (Å²) in [5.41, 5.74) is 5.28. The minimum absolute atomic E-state index is 0.565. The lowest BCUT2D eigenvalue weighted by molar-refractivity contribution is 0.126. The predicted molar refractivity (Wildman–Crippen MR) is 61.4 cm³/mol. The SMILES string of the molecule is NCCOCCCOc1cccc(Cl)c1. The minimum Gasteiger partial charge on any atom is -0.493 e. The van der Waals surface area contributed by atoms with Crippen LogP contribution in [0.5, 0.6) is 5.75 Å². The van der Waals surface area contributed by atoms with E-state index in [1.807, 2.05) is 18.2 Å². The van der Waals surface area contributed by atoms with Crippen LogP contribution in [0.2, 0.25) is 5.02 Å². The molecule has 0 amide bonds. The average molecular weight is 230 g/mol. The number of hydrogen-bond acceptors (Lipinski definition) is 3. The van der Waals surface area contributed by atoms with E-state index in [-0.39, 0.29) is 0 Å². The lowest BCUT2D eigenvalue weighted by Crippen LogP contribution is -2.10. The molecule has 4 heteroatoms. The molecule has 1 rings (SSSR count). The minimum atomic E-state index is 0.565. The van der Waals surface area contributed by atoms with Gasteiger partial charge in [0.25, 0.3) is 0 Å². The Bertz CT molecular complexity index is 281. The van der Waals surface area contributed by atoms with Gasteiger partial charge >= 0.3 is 0 Å². The molecule has 2 N–H and O–H groups in total. The van der Waals surface area contributed by atoms with Crippen LogP contribution in [0.4, 0.5) is 0 Å². The Hall–Kier alpha value is -0.770. The van der Waals surface area contributed by atoms with Crippen molar-refractivity contribution in [2.45, 2.75) is 6.42 Å². The molecule has 0 spiro atoms. The van der Waals surface area contributed by atoms with Gasteiger partial charge in [0.15, 0.2) is 0 Å². The Balaban J connectivity index is 2.10. The van der Waals surface area contributed by atoms with Crippen LogP contribution in [0.15, 0.2) is 24.3 Å². The fraction of sp³-hybridized carbons (Fsp3) is 0.455. The van der Waals surface area contributed by atoms with Crippen LogP contribution in [0.1, 0.15) is 6.42 Å². The zero-order chi connectivity index (χ0) is 10.9. The number of nitrogens with two attached hydrogens (primary N) is 1. The third-order valence-electron chi connectivity index (χ3n) is 1.76. The zero-order valence-corrected chi connectivity index (χ0v) is 9.37. The molecule has 0 unspecified atom stereocenters. The molecule has 3 nitrogen and oxygen atoms in total. The van der Waals surface area contributed by atoms with E-state index in [9.17, 15) is 0 Å². The second-order valence-electron chi connectivity index (χ2n) is 3.06. The Kier molecular flexibility index (Phi) is 6.16. The van der Waals surface area contributed by atoms with Crippen LogP contribution >= 0.6 is 11.6 Å². The van der Waals surface area contributed by atoms with Crippen molar-refractivity contribution in [1.29, 1.82) is 0 Å². The molecule has 0 aliphatic carbocycles. The molecule has 0 aromatic heterocycles. The maximum Gasteiger partial charge on any atom is 0.120 e. The van der Waals surface area contributed by atoms with Crippen LogP contribution in [0, 0.1) is 0 Å². The van der Waals surface area contributed by atoms with Gasteiger partial charge in [-0.25, -0.2) is 0 Å². The second kappa shape index (κ2) is 7.51. The van der Waals surface area contributed by atoms with Crippen LogP contribution in [0.3, 0.4) is 0 Å². The summed E-state index contributed by atoms with van der Waals surface area (Å²) in [5.74, 6) is 0.793. The van der Waals surface area contributed by atoms with E-state index < -0.39 is 0 Å². The van der Waals surface area contributed by atoms with Gasteiger partial charge in [-0.2, -0.15) is 0 Å². The third kappa shape index (κ3) is 5.62. The van der Waals surface area contributed by atoms with Crippen molar-refractivity contribution in [3.8, 4) is 5.75 Å². The Labute approximate surface area is 95.1 Å². The summed E-state index contributed by atoms with van der Waals surface area (Å²) in [5, 5.41) is 0.687. The first-order valence-electron chi connectivity index (χ1n) is 4.99. The van der Waals surface area contributed by atoms with E-state index >= 15 is 0 Å². The van der Waals surface area contributed by atoms with Gasteiger partial charge in [0.2, 0.25) is 0 Å². The molecule has 0 heterocycles. The van der Waals surface area contributed by atoms with E-state index in [0.29, 0.717) is 31.4 Å². The summed E-state index contributed by atoms with van der Waals surface area (Å²) in [7, 11) is 0. The lowest BCUT2D eigenvalue weighted by atomic mass is 10.3. The van der Waals surface area contributed by atoms with Gasteiger partial charge in [0.05, 0.1) is 13.2 Å². The summed E-state index contributed by atoms with van der Waals surface area (Å²) in [6, 6.07) is 7.36.